The van der Waals surface area contributed by atoms with Crippen molar-refractivity contribution in [2.75, 3.05) is 13.2 Å². The topological polar surface area (TPSA) is 98.0 Å². The number of carbonyl (C=O) groups is 2. The maximum Gasteiger partial charge on any atom is 0.328 e. The molecule has 0 spiro atoms. The Bertz CT molecular complexity index is 950. The van der Waals surface area contributed by atoms with Crippen LogP contribution in [0.1, 0.15) is 23.0 Å². The van der Waals surface area contributed by atoms with Crippen LogP contribution in [0.2, 0.25) is 0 Å². The van der Waals surface area contributed by atoms with Gasteiger partial charge in [-0.1, -0.05) is 42.5 Å². The second kappa shape index (κ2) is 9.05. The maximum absolute atomic E-state index is 12.5. The minimum Gasteiger partial charge on any atom is -0.490 e. The van der Waals surface area contributed by atoms with Crippen LogP contribution in [0.25, 0.3) is 11.0 Å². The summed E-state index contributed by atoms with van der Waals surface area (Å²) >= 11 is 0. The molecular formula is C21H21NO6. The summed E-state index contributed by atoms with van der Waals surface area (Å²) in [5, 5.41) is 12.5. The summed E-state index contributed by atoms with van der Waals surface area (Å²) in [6.45, 7) is 2.40. The van der Waals surface area contributed by atoms with Gasteiger partial charge in [0.25, 0.3) is 5.91 Å². The lowest BCUT2D eigenvalue weighted by Crippen LogP contribution is -2.43. The van der Waals surface area contributed by atoms with Crippen LogP contribution in [0.15, 0.2) is 59.0 Å². The highest BCUT2D eigenvalue weighted by Crippen LogP contribution is 2.28. The number of carbonyl (C=O) groups excluding carboxylic acids is 1. The summed E-state index contributed by atoms with van der Waals surface area (Å²) < 4.78 is 16.5. The Labute approximate surface area is 161 Å². The molecule has 0 radical (unpaired) electrons. The first-order valence-corrected chi connectivity index (χ1v) is 8.89. The fraction of sp³-hybridized carbons (Fsp3) is 0.238. The first kappa shape index (κ1) is 19.4. The van der Waals surface area contributed by atoms with E-state index in [1.165, 1.54) is 0 Å². The van der Waals surface area contributed by atoms with Gasteiger partial charge in [-0.25, -0.2) is 4.79 Å². The summed E-state index contributed by atoms with van der Waals surface area (Å²) in [5.74, 6) is -1.28. The van der Waals surface area contributed by atoms with Crippen molar-refractivity contribution in [3.8, 4) is 5.75 Å². The molecule has 0 saturated heterocycles. The fourth-order valence-electron chi connectivity index (χ4n) is 2.69. The number of amides is 1. The molecule has 28 heavy (non-hydrogen) atoms. The van der Waals surface area contributed by atoms with Gasteiger partial charge < -0.3 is 24.3 Å². The van der Waals surface area contributed by atoms with Crippen LogP contribution in [0.5, 0.6) is 5.75 Å². The van der Waals surface area contributed by atoms with Crippen LogP contribution in [-0.2, 0) is 16.1 Å². The van der Waals surface area contributed by atoms with Gasteiger partial charge in [0.15, 0.2) is 23.1 Å². The van der Waals surface area contributed by atoms with E-state index in [2.05, 4.69) is 5.32 Å². The first-order valence-electron chi connectivity index (χ1n) is 8.89. The predicted molar refractivity (Wildman–Crippen MR) is 102 cm³/mol. The van der Waals surface area contributed by atoms with Gasteiger partial charge in [0, 0.05) is 5.39 Å². The molecule has 1 heterocycles. The van der Waals surface area contributed by atoms with Crippen LogP contribution in [0.3, 0.4) is 0 Å². The van der Waals surface area contributed by atoms with Crippen molar-refractivity contribution in [1.29, 1.82) is 0 Å². The van der Waals surface area contributed by atoms with Gasteiger partial charge in [0.1, 0.15) is 0 Å². The number of hydrogen-bond donors (Lipinski definition) is 2. The number of aliphatic carboxylic acids is 1. The van der Waals surface area contributed by atoms with Gasteiger partial charge in [-0.15, -0.1) is 0 Å². The molecule has 3 aromatic rings. The van der Waals surface area contributed by atoms with Crippen molar-refractivity contribution in [3.05, 3.63) is 65.9 Å². The standard InChI is InChI=1S/C21H21NO6/c1-2-27-17-10-6-9-15-11-18(28-19(15)17)20(23)22-16(21(24)25)13-26-12-14-7-4-3-5-8-14/h3-11,16H,2,12-13H2,1H3,(H,22,23)(H,24,25)/t16-/m0/s1. The normalized spacial score (nSPS) is 11.9. The minimum absolute atomic E-state index is 0.0106. The molecule has 1 amide bonds. The molecule has 2 aromatic carbocycles. The second-order valence-electron chi connectivity index (χ2n) is 6.08. The van der Waals surface area contributed by atoms with Crippen LogP contribution >= 0.6 is 0 Å². The van der Waals surface area contributed by atoms with E-state index in [0.29, 0.717) is 23.3 Å². The number of fused-ring (bicyclic) bond motifs is 1. The average molecular weight is 383 g/mol. The molecule has 7 heteroatoms. The predicted octanol–water partition coefficient (Wildman–Crippen LogP) is 3.23. The van der Waals surface area contributed by atoms with Crippen LogP contribution < -0.4 is 10.1 Å². The van der Waals surface area contributed by atoms with Crippen molar-refractivity contribution >= 4 is 22.8 Å². The number of carboxylic acids is 1. The highest BCUT2D eigenvalue weighted by Gasteiger charge is 2.23. The largest absolute Gasteiger partial charge is 0.490 e. The lowest BCUT2D eigenvalue weighted by atomic mass is 10.2. The summed E-state index contributed by atoms with van der Waals surface area (Å²) in [7, 11) is 0. The first-order chi connectivity index (χ1) is 13.6. The summed E-state index contributed by atoms with van der Waals surface area (Å²) in [5.41, 5.74) is 1.36. The SMILES string of the molecule is CCOc1cccc2cc(C(=O)N[C@@H](COCc3ccccc3)C(=O)O)oc12. The molecule has 7 nitrogen and oxygen atoms in total. The molecule has 1 aromatic heterocycles. The van der Waals surface area contributed by atoms with Gasteiger partial charge in [0.05, 0.1) is 19.8 Å². The number of carboxylic acid groups (broad SMARTS) is 1. The summed E-state index contributed by atoms with van der Waals surface area (Å²) in [6.07, 6.45) is 0. The van der Waals surface area contributed by atoms with Crippen molar-refractivity contribution in [3.63, 3.8) is 0 Å². The second-order valence-corrected chi connectivity index (χ2v) is 6.08. The summed E-state index contributed by atoms with van der Waals surface area (Å²) in [4.78, 5) is 23.9. The molecule has 0 saturated carbocycles. The number of ether oxygens (including phenoxy) is 2. The zero-order valence-corrected chi connectivity index (χ0v) is 15.4. The van der Waals surface area contributed by atoms with E-state index >= 15 is 0 Å². The van der Waals surface area contributed by atoms with E-state index in [9.17, 15) is 14.7 Å². The lowest BCUT2D eigenvalue weighted by Gasteiger charge is -2.14. The third-order valence-electron chi connectivity index (χ3n) is 4.03. The highest BCUT2D eigenvalue weighted by atomic mass is 16.5. The molecule has 0 bridgehead atoms. The number of nitrogens with one attached hydrogen (secondary N) is 1. The van der Waals surface area contributed by atoms with E-state index in [1.807, 2.05) is 37.3 Å². The van der Waals surface area contributed by atoms with Crippen LogP contribution in [0.4, 0.5) is 0 Å². The van der Waals surface area contributed by atoms with Crippen molar-refractivity contribution in [2.24, 2.45) is 0 Å². The Morgan fingerprint density at radius 2 is 1.93 bits per heavy atom. The molecule has 1 atom stereocenters. The Morgan fingerprint density at radius 3 is 2.64 bits per heavy atom. The average Bonchev–Trinajstić information content (AvgIpc) is 3.13. The highest BCUT2D eigenvalue weighted by molar-refractivity contribution is 5.98. The van der Waals surface area contributed by atoms with Crippen molar-refractivity contribution in [2.45, 2.75) is 19.6 Å². The molecule has 0 aliphatic carbocycles. The Kier molecular flexibility index (Phi) is 6.29. The number of para-hydroxylation sites is 1. The van der Waals surface area contributed by atoms with Gasteiger partial charge in [-0.3, -0.25) is 4.79 Å². The monoisotopic (exact) mass is 383 g/mol. The van der Waals surface area contributed by atoms with E-state index in [-0.39, 0.29) is 19.0 Å². The molecule has 0 fully saturated rings. The number of benzene rings is 2. The van der Waals surface area contributed by atoms with Gasteiger partial charge in [-0.05, 0) is 24.6 Å². The Morgan fingerprint density at radius 1 is 1.14 bits per heavy atom. The number of hydrogen-bond acceptors (Lipinski definition) is 5. The molecular weight excluding hydrogens is 362 g/mol. The van der Waals surface area contributed by atoms with Crippen molar-refractivity contribution in [1.82, 2.24) is 5.32 Å². The summed E-state index contributed by atoms with van der Waals surface area (Å²) in [6, 6.07) is 15.0. The van der Waals surface area contributed by atoms with E-state index < -0.39 is 17.9 Å². The van der Waals surface area contributed by atoms with E-state index in [0.717, 1.165) is 5.56 Å². The van der Waals surface area contributed by atoms with Gasteiger partial charge in [-0.2, -0.15) is 0 Å². The fourth-order valence-corrected chi connectivity index (χ4v) is 2.69. The smallest absolute Gasteiger partial charge is 0.328 e. The quantitative estimate of drug-likeness (QED) is 0.589. The lowest BCUT2D eigenvalue weighted by molar-refractivity contribution is -0.141. The number of rotatable bonds is 9. The third kappa shape index (κ3) is 4.69. The van der Waals surface area contributed by atoms with E-state index in [4.69, 9.17) is 13.9 Å². The van der Waals surface area contributed by atoms with Crippen LogP contribution in [0, 0.1) is 0 Å². The van der Waals surface area contributed by atoms with E-state index in [1.54, 1.807) is 24.3 Å². The molecule has 0 aliphatic heterocycles. The zero-order chi connectivity index (χ0) is 19.9. The molecule has 0 unspecified atom stereocenters. The van der Waals surface area contributed by atoms with Gasteiger partial charge in [0.2, 0.25) is 0 Å². The van der Waals surface area contributed by atoms with Gasteiger partial charge >= 0.3 is 5.97 Å². The Hall–Kier alpha value is -3.32. The van der Waals surface area contributed by atoms with Crippen molar-refractivity contribution < 1.29 is 28.6 Å². The third-order valence-corrected chi connectivity index (χ3v) is 4.03. The number of furan rings is 1. The Balaban J connectivity index is 1.66. The van der Waals surface area contributed by atoms with Crippen LogP contribution in [-0.4, -0.2) is 36.2 Å². The molecule has 3 rings (SSSR count). The minimum atomic E-state index is -1.20. The zero-order valence-electron chi connectivity index (χ0n) is 15.4. The molecule has 2 N–H and O–H groups in total. The molecule has 146 valence electrons. The maximum atomic E-state index is 12.5. The molecule has 0 aliphatic rings.